The molecule has 160 valence electrons. The van der Waals surface area contributed by atoms with Gasteiger partial charge in [-0.15, -0.1) is 0 Å². The van der Waals surface area contributed by atoms with E-state index in [1.54, 1.807) is 6.92 Å². The number of para-hydroxylation sites is 1. The first-order valence-corrected chi connectivity index (χ1v) is 10.2. The van der Waals surface area contributed by atoms with Gasteiger partial charge < -0.3 is 19.3 Å². The monoisotopic (exact) mass is 418 g/mol. The van der Waals surface area contributed by atoms with Gasteiger partial charge >= 0.3 is 5.97 Å². The van der Waals surface area contributed by atoms with Gasteiger partial charge in [-0.1, -0.05) is 48.5 Å². The Labute approximate surface area is 182 Å². The van der Waals surface area contributed by atoms with Gasteiger partial charge in [-0.2, -0.15) is 0 Å². The first-order chi connectivity index (χ1) is 15.1. The topological polar surface area (TPSA) is 65.0 Å². The maximum absolute atomic E-state index is 11.2. The summed E-state index contributed by atoms with van der Waals surface area (Å²) >= 11 is 0. The Kier molecular flexibility index (Phi) is 8.26. The Morgan fingerprint density at radius 2 is 1.68 bits per heavy atom. The Morgan fingerprint density at radius 1 is 0.935 bits per heavy atom. The zero-order chi connectivity index (χ0) is 21.9. The molecule has 0 bridgehead atoms. The lowest BCUT2D eigenvalue weighted by Crippen LogP contribution is -2.26. The van der Waals surface area contributed by atoms with E-state index in [1.165, 1.54) is 0 Å². The minimum Gasteiger partial charge on any atom is -0.490 e. The summed E-state index contributed by atoms with van der Waals surface area (Å²) in [5.41, 5.74) is 1.90. The van der Waals surface area contributed by atoms with Crippen molar-refractivity contribution in [2.45, 2.75) is 19.4 Å². The van der Waals surface area contributed by atoms with E-state index in [-0.39, 0.29) is 0 Å². The van der Waals surface area contributed by atoms with Crippen molar-refractivity contribution < 1.29 is 24.1 Å². The number of benzene rings is 3. The molecule has 0 fully saturated rings. The molecule has 0 saturated carbocycles. The van der Waals surface area contributed by atoms with Crippen LogP contribution in [0.4, 0.5) is 0 Å². The van der Waals surface area contributed by atoms with Crippen LogP contribution < -0.4 is 9.47 Å². The number of hydrogen-bond acceptors (Lipinski definition) is 4. The van der Waals surface area contributed by atoms with E-state index < -0.39 is 12.1 Å². The average Bonchev–Trinajstić information content (AvgIpc) is 2.78. The van der Waals surface area contributed by atoms with E-state index in [4.69, 9.17) is 14.2 Å². The zero-order valence-corrected chi connectivity index (χ0v) is 17.4. The molecule has 3 aromatic rings. The average molecular weight is 418 g/mol. The minimum atomic E-state index is -0.953. The molecule has 1 atom stereocenters. The van der Waals surface area contributed by atoms with Crippen molar-refractivity contribution in [3.8, 4) is 17.2 Å². The third-order valence-electron chi connectivity index (χ3n) is 4.48. The van der Waals surface area contributed by atoms with Gasteiger partial charge in [0.05, 0.1) is 0 Å². The van der Waals surface area contributed by atoms with Crippen LogP contribution in [0.2, 0.25) is 0 Å². The van der Waals surface area contributed by atoms with Gasteiger partial charge in [0.25, 0.3) is 0 Å². The number of carboxylic acid groups (broad SMARTS) is 1. The number of carbonyl (C=O) groups is 1. The molecule has 1 unspecified atom stereocenters. The van der Waals surface area contributed by atoms with Gasteiger partial charge in [0.1, 0.15) is 23.9 Å². The molecule has 5 nitrogen and oxygen atoms in total. The van der Waals surface area contributed by atoms with Gasteiger partial charge in [-0.25, -0.2) is 4.79 Å². The van der Waals surface area contributed by atoms with Crippen molar-refractivity contribution >= 4 is 12.0 Å². The van der Waals surface area contributed by atoms with Gasteiger partial charge in [0.2, 0.25) is 0 Å². The first kappa shape index (κ1) is 22.1. The normalized spacial score (nSPS) is 11.9. The van der Waals surface area contributed by atoms with E-state index in [2.05, 4.69) is 0 Å². The van der Waals surface area contributed by atoms with Crippen molar-refractivity contribution in [1.29, 1.82) is 0 Å². The molecule has 0 spiro atoms. The third kappa shape index (κ3) is 7.32. The predicted octanol–water partition coefficient (Wildman–Crippen LogP) is 5.60. The maximum Gasteiger partial charge on any atom is 0.333 e. The third-order valence-corrected chi connectivity index (χ3v) is 4.48. The lowest BCUT2D eigenvalue weighted by molar-refractivity contribution is -0.149. The van der Waals surface area contributed by atoms with Gasteiger partial charge in [0.15, 0.2) is 6.10 Å². The van der Waals surface area contributed by atoms with Gasteiger partial charge in [-0.05, 0) is 60.5 Å². The molecule has 1 N–H and O–H groups in total. The van der Waals surface area contributed by atoms with Crippen molar-refractivity contribution in [3.63, 3.8) is 0 Å². The van der Waals surface area contributed by atoms with Crippen LogP contribution in [0.5, 0.6) is 17.2 Å². The molecule has 0 aliphatic heterocycles. The Hall–Kier alpha value is -3.57. The molecular weight excluding hydrogens is 392 g/mol. The van der Waals surface area contributed by atoms with Crippen LogP contribution in [-0.4, -0.2) is 30.4 Å². The second kappa shape index (κ2) is 11.6. The van der Waals surface area contributed by atoms with Gasteiger partial charge in [0, 0.05) is 13.0 Å². The highest BCUT2D eigenvalue weighted by Crippen LogP contribution is 2.22. The van der Waals surface area contributed by atoms with Crippen LogP contribution in [0.3, 0.4) is 0 Å². The maximum atomic E-state index is 11.2. The second-order valence-electron chi connectivity index (χ2n) is 6.83. The minimum absolute atomic E-state index is 0.324. The summed E-state index contributed by atoms with van der Waals surface area (Å²) in [7, 11) is 0. The second-order valence-corrected chi connectivity index (χ2v) is 6.83. The number of hydrogen-bond donors (Lipinski definition) is 1. The lowest BCUT2D eigenvalue weighted by Gasteiger charge is -2.12. The number of rotatable bonds is 11. The van der Waals surface area contributed by atoms with E-state index in [0.717, 1.165) is 28.4 Å². The Balaban J connectivity index is 1.50. The largest absolute Gasteiger partial charge is 0.490 e. The highest BCUT2D eigenvalue weighted by molar-refractivity contribution is 5.72. The highest BCUT2D eigenvalue weighted by atomic mass is 16.5. The molecule has 0 aliphatic carbocycles. The predicted molar refractivity (Wildman–Crippen MR) is 121 cm³/mol. The fourth-order valence-electron chi connectivity index (χ4n) is 2.99. The molecule has 0 heterocycles. The van der Waals surface area contributed by atoms with E-state index in [0.29, 0.717) is 19.6 Å². The number of ether oxygens (including phenoxy) is 3. The molecule has 0 aliphatic rings. The van der Waals surface area contributed by atoms with Gasteiger partial charge in [-0.3, -0.25) is 0 Å². The smallest absolute Gasteiger partial charge is 0.333 e. The molecule has 5 heteroatoms. The standard InChI is InChI=1S/C26H26O5/c1-2-29-25(26(27)28)19-21-13-15-22(16-14-21)30-17-7-9-20-8-6-12-24(18-20)31-23-10-4-3-5-11-23/h3-16,18,25H,2,17,19H2,1H3,(H,27,28)/b9-7+. The SMILES string of the molecule is CCOC(Cc1ccc(OC/C=C/c2cccc(Oc3ccccc3)c2)cc1)C(=O)O. The fourth-order valence-corrected chi connectivity index (χ4v) is 2.99. The highest BCUT2D eigenvalue weighted by Gasteiger charge is 2.17. The number of carboxylic acids is 1. The van der Waals surface area contributed by atoms with Crippen LogP contribution in [0.1, 0.15) is 18.1 Å². The molecular formula is C26H26O5. The summed E-state index contributed by atoms with van der Waals surface area (Å²) in [5.74, 6) is 1.34. The van der Waals surface area contributed by atoms with E-state index in [9.17, 15) is 9.90 Å². The molecule has 31 heavy (non-hydrogen) atoms. The van der Waals surface area contributed by atoms with Crippen molar-refractivity contribution in [1.82, 2.24) is 0 Å². The molecule has 0 saturated heterocycles. The summed E-state index contributed by atoms with van der Waals surface area (Å²) in [6.07, 6.45) is 3.41. The molecule has 0 radical (unpaired) electrons. The molecule has 0 aromatic heterocycles. The summed E-state index contributed by atoms with van der Waals surface area (Å²) in [6, 6.07) is 24.9. The Bertz CT molecular complexity index is 980. The van der Waals surface area contributed by atoms with Crippen LogP contribution >= 0.6 is 0 Å². The molecule has 0 amide bonds. The van der Waals surface area contributed by atoms with Crippen LogP contribution in [0.15, 0.2) is 84.9 Å². The van der Waals surface area contributed by atoms with Crippen LogP contribution in [0.25, 0.3) is 6.08 Å². The van der Waals surface area contributed by atoms with E-state index >= 15 is 0 Å². The Morgan fingerprint density at radius 3 is 2.39 bits per heavy atom. The van der Waals surface area contributed by atoms with Crippen LogP contribution in [-0.2, 0) is 16.0 Å². The summed E-state index contributed by atoms with van der Waals surface area (Å²) in [4.78, 5) is 11.2. The number of aliphatic carboxylic acids is 1. The summed E-state index contributed by atoms with van der Waals surface area (Å²) < 4.78 is 16.8. The van der Waals surface area contributed by atoms with E-state index in [1.807, 2.05) is 91.0 Å². The van der Waals surface area contributed by atoms with Crippen molar-refractivity contribution in [2.24, 2.45) is 0 Å². The van der Waals surface area contributed by atoms with Crippen LogP contribution in [0, 0.1) is 0 Å². The summed E-state index contributed by atoms with van der Waals surface area (Å²) in [5, 5.41) is 9.18. The zero-order valence-electron chi connectivity index (χ0n) is 17.4. The van der Waals surface area contributed by atoms with Crippen molar-refractivity contribution in [2.75, 3.05) is 13.2 Å². The lowest BCUT2D eigenvalue weighted by atomic mass is 10.1. The van der Waals surface area contributed by atoms with Crippen molar-refractivity contribution in [3.05, 3.63) is 96.1 Å². The quantitative estimate of drug-likeness (QED) is 0.439. The molecule has 3 rings (SSSR count). The first-order valence-electron chi connectivity index (χ1n) is 10.2. The summed E-state index contributed by atoms with van der Waals surface area (Å²) in [6.45, 7) is 2.57. The fraction of sp³-hybridized carbons (Fsp3) is 0.192. The molecule has 3 aromatic carbocycles.